The molecule has 10 heteroatoms. The highest BCUT2D eigenvalue weighted by Gasteiger charge is 2.21. The molecule has 21 heavy (non-hydrogen) atoms. The Hall–Kier alpha value is -2.91. The number of aromatic nitrogens is 5. The van der Waals surface area contributed by atoms with Gasteiger partial charge in [0.25, 0.3) is 0 Å². The number of imidazole rings is 1. The lowest BCUT2D eigenvalue weighted by Gasteiger charge is -2.13. The van der Waals surface area contributed by atoms with Gasteiger partial charge in [-0.2, -0.15) is 5.10 Å². The molecule has 0 saturated heterocycles. The summed E-state index contributed by atoms with van der Waals surface area (Å²) in [6.45, 7) is 0.114. The average Bonchev–Trinajstić information content (AvgIpc) is 3.07. The maximum atomic E-state index is 11.7. The molecule has 112 valence electrons. The number of amides is 2. The summed E-state index contributed by atoms with van der Waals surface area (Å²) < 4.78 is 1.51. The Morgan fingerprint density at radius 3 is 2.90 bits per heavy atom. The first kappa shape index (κ1) is 14.5. The smallest absolute Gasteiger partial charge is 0.326 e. The summed E-state index contributed by atoms with van der Waals surface area (Å²) in [6.07, 6.45) is 4.58. The minimum Gasteiger partial charge on any atom is -0.480 e. The zero-order valence-electron chi connectivity index (χ0n) is 11.3. The van der Waals surface area contributed by atoms with E-state index in [0.29, 0.717) is 11.5 Å². The van der Waals surface area contributed by atoms with E-state index in [9.17, 15) is 9.59 Å². The molecule has 2 aromatic rings. The van der Waals surface area contributed by atoms with Crippen LogP contribution in [0, 0.1) is 0 Å². The van der Waals surface area contributed by atoms with Gasteiger partial charge in [0, 0.05) is 25.4 Å². The van der Waals surface area contributed by atoms with Gasteiger partial charge < -0.3 is 20.7 Å². The van der Waals surface area contributed by atoms with Crippen LogP contribution in [-0.4, -0.2) is 47.9 Å². The molecule has 2 aromatic heterocycles. The summed E-state index contributed by atoms with van der Waals surface area (Å²) in [5.41, 5.74) is 0.620. The number of carbonyl (C=O) groups excluding carboxylic acids is 1. The number of nitrogens with one attached hydrogen (secondary N) is 3. The highest BCUT2D eigenvalue weighted by Crippen LogP contribution is 1.99. The van der Waals surface area contributed by atoms with Gasteiger partial charge in [-0.15, -0.1) is 0 Å². The summed E-state index contributed by atoms with van der Waals surface area (Å²) in [7, 11) is 1.71. The number of hydrogen-bond acceptors (Lipinski definition) is 5. The molecule has 2 rings (SSSR count). The Bertz CT molecular complexity index is 607. The number of carboxylic acids is 1. The maximum absolute atomic E-state index is 11.7. The molecule has 0 fully saturated rings. The van der Waals surface area contributed by atoms with Crippen LogP contribution in [-0.2, 0) is 24.8 Å². The number of hydrogen-bond donors (Lipinski definition) is 4. The van der Waals surface area contributed by atoms with Crippen LogP contribution in [0.1, 0.15) is 11.5 Å². The van der Waals surface area contributed by atoms with E-state index in [-0.39, 0.29) is 13.0 Å². The van der Waals surface area contributed by atoms with E-state index in [0.717, 1.165) is 0 Å². The van der Waals surface area contributed by atoms with Gasteiger partial charge in [0.05, 0.1) is 12.9 Å². The highest BCUT2D eigenvalue weighted by atomic mass is 16.4. The van der Waals surface area contributed by atoms with Crippen molar-refractivity contribution in [2.45, 2.75) is 19.0 Å². The van der Waals surface area contributed by atoms with E-state index in [1.807, 2.05) is 0 Å². The van der Waals surface area contributed by atoms with Crippen LogP contribution in [0.5, 0.6) is 0 Å². The van der Waals surface area contributed by atoms with Crippen LogP contribution in [0.4, 0.5) is 4.79 Å². The van der Waals surface area contributed by atoms with E-state index in [2.05, 4.69) is 30.7 Å². The predicted molar refractivity (Wildman–Crippen MR) is 70.1 cm³/mol. The molecular formula is C11H15N7O3. The minimum atomic E-state index is -1.13. The fourth-order valence-corrected chi connectivity index (χ4v) is 1.65. The first-order valence-electron chi connectivity index (χ1n) is 6.13. The Kier molecular flexibility index (Phi) is 4.49. The van der Waals surface area contributed by atoms with Gasteiger partial charge in [0.1, 0.15) is 12.4 Å². The van der Waals surface area contributed by atoms with Crippen molar-refractivity contribution < 1.29 is 14.7 Å². The van der Waals surface area contributed by atoms with Crippen molar-refractivity contribution in [3.63, 3.8) is 0 Å². The molecule has 0 radical (unpaired) electrons. The standard InChI is InChI=1S/C11H15N7O3/c1-18-6-15-9(17-18)4-13-11(21)16-8(10(19)20)2-7-3-12-5-14-7/h3,5-6,8H,2,4H2,1H3,(H,12,14)(H,19,20)(H2,13,16,21)/t8-/m1/s1. The van der Waals surface area contributed by atoms with Crippen LogP contribution in [0.3, 0.4) is 0 Å². The number of urea groups is 1. The summed E-state index contributed by atoms with van der Waals surface area (Å²) in [6, 6.07) is -1.66. The average molecular weight is 293 g/mol. The van der Waals surface area contributed by atoms with Crippen LogP contribution in [0.2, 0.25) is 0 Å². The number of aromatic amines is 1. The second-order valence-corrected chi connectivity index (χ2v) is 4.33. The molecule has 2 heterocycles. The van der Waals surface area contributed by atoms with Crippen LogP contribution in [0.15, 0.2) is 18.9 Å². The van der Waals surface area contributed by atoms with Crippen molar-refractivity contribution >= 4 is 12.0 Å². The first-order valence-corrected chi connectivity index (χ1v) is 6.13. The molecule has 0 bridgehead atoms. The molecule has 1 atom stereocenters. The third-order valence-electron chi connectivity index (χ3n) is 2.64. The van der Waals surface area contributed by atoms with Crippen molar-refractivity contribution in [1.29, 1.82) is 0 Å². The number of rotatable bonds is 6. The molecule has 0 aliphatic rings. The van der Waals surface area contributed by atoms with Gasteiger partial charge in [0.2, 0.25) is 0 Å². The number of carbonyl (C=O) groups is 2. The monoisotopic (exact) mass is 293 g/mol. The SMILES string of the molecule is Cn1cnc(CNC(=O)N[C@H](Cc2cnc[nH]2)C(=O)O)n1. The van der Waals surface area contributed by atoms with E-state index in [1.165, 1.54) is 23.5 Å². The fraction of sp³-hybridized carbons (Fsp3) is 0.364. The van der Waals surface area contributed by atoms with E-state index in [1.54, 1.807) is 7.05 Å². The first-order chi connectivity index (χ1) is 10.0. The van der Waals surface area contributed by atoms with Crippen molar-refractivity contribution in [1.82, 2.24) is 35.4 Å². The molecule has 0 aliphatic heterocycles. The van der Waals surface area contributed by atoms with Crippen LogP contribution >= 0.6 is 0 Å². The number of H-pyrrole nitrogens is 1. The summed E-state index contributed by atoms with van der Waals surface area (Å²) in [5.74, 6) is -0.691. The third-order valence-corrected chi connectivity index (χ3v) is 2.64. The largest absolute Gasteiger partial charge is 0.480 e. The van der Waals surface area contributed by atoms with Crippen LogP contribution in [0.25, 0.3) is 0 Å². The molecule has 0 aromatic carbocycles. The Labute approximate surface area is 119 Å². The van der Waals surface area contributed by atoms with Gasteiger partial charge in [0.15, 0.2) is 5.82 Å². The normalized spacial score (nSPS) is 11.9. The molecule has 0 spiro atoms. The lowest BCUT2D eigenvalue weighted by atomic mass is 10.2. The van der Waals surface area contributed by atoms with Crippen molar-refractivity contribution in [3.8, 4) is 0 Å². The quantitative estimate of drug-likeness (QED) is 0.541. The number of aryl methyl sites for hydroxylation is 1. The van der Waals surface area contributed by atoms with E-state index in [4.69, 9.17) is 5.11 Å². The zero-order chi connectivity index (χ0) is 15.2. The second kappa shape index (κ2) is 6.50. The molecular weight excluding hydrogens is 278 g/mol. The van der Waals surface area contributed by atoms with Crippen molar-refractivity contribution in [2.75, 3.05) is 0 Å². The number of nitrogens with zero attached hydrogens (tertiary/aromatic N) is 4. The van der Waals surface area contributed by atoms with Gasteiger partial charge in [-0.25, -0.2) is 19.6 Å². The van der Waals surface area contributed by atoms with Gasteiger partial charge in [-0.1, -0.05) is 0 Å². The highest BCUT2D eigenvalue weighted by molar-refractivity contribution is 5.82. The van der Waals surface area contributed by atoms with Gasteiger partial charge in [-0.05, 0) is 0 Å². The van der Waals surface area contributed by atoms with E-state index >= 15 is 0 Å². The van der Waals surface area contributed by atoms with Crippen LogP contribution < -0.4 is 10.6 Å². The molecule has 2 amide bonds. The topological polar surface area (TPSA) is 138 Å². The Morgan fingerprint density at radius 2 is 2.33 bits per heavy atom. The minimum absolute atomic E-state index is 0.114. The van der Waals surface area contributed by atoms with Gasteiger partial charge >= 0.3 is 12.0 Å². The lowest BCUT2D eigenvalue weighted by Crippen LogP contribution is -2.47. The molecule has 4 N–H and O–H groups in total. The van der Waals surface area contributed by atoms with Crippen molar-refractivity contribution in [3.05, 3.63) is 30.4 Å². The summed E-state index contributed by atoms with van der Waals surface area (Å²) in [4.78, 5) is 33.4. The summed E-state index contributed by atoms with van der Waals surface area (Å²) >= 11 is 0. The Balaban J connectivity index is 1.84. The Morgan fingerprint density at radius 1 is 1.52 bits per heavy atom. The fourth-order valence-electron chi connectivity index (χ4n) is 1.65. The number of aliphatic carboxylic acids is 1. The number of carboxylic acid groups (broad SMARTS) is 1. The van der Waals surface area contributed by atoms with Crippen molar-refractivity contribution in [2.24, 2.45) is 7.05 Å². The van der Waals surface area contributed by atoms with Gasteiger partial charge in [-0.3, -0.25) is 4.68 Å². The lowest BCUT2D eigenvalue weighted by molar-refractivity contribution is -0.139. The molecule has 0 saturated carbocycles. The second-order valence-electron chi connectivity index (χ2n) is 4.33. The maximum Gasteiger partial charge on any atom is 0.326 e. The molecule has 0 aliphatic carbocycles. The zero-order valence-corrected chi connectivity index (χ0v) is 11.3. The summed E-state index contributed by atoms with van der Waals surface area (Å²) in [5, 5.41) is 18.0. The molecule has 0 unspecified atom stereocenters. The van der Waals surface area contributed by atoms with E-state index < -0.39 is 18.0 Å². The third kappa shape index (κ3) is 4.30. The predicted octanol–water partition coefficient (Wildman–Crippen LogP) is -0.967. The molecule has 10 nitrogen and oxygen atoms in total.